The molecular weight excluding hydrogens is 297 g/mol. The van der Waals surface area contributed by atoms with E-state index in [-0.39, 0.29) is 25.9 Å². The number of alkyl halides is 3. The van der Waals surface area contributed by atoms with Crippen LogP contribution in [0.3, 0.4) is 0 Å². The number of carboxylic acids is 1. The van der Waals surface area contributed by atoms with E-state index in [9.17, 15) is 27.6 Å². The van der Waals surface area contributed by atoms with Crippen LogP contribution in [-0.2, 0) is 14.3 Å². The average Bonchev–Trinajstić information content (AvgIpc) is 2.37. The smallest absolute Gasteiger partial charge is 0.391 e. The molecule has 1 heterocycles. The third-order valence-corrected chi connectivity index (χ3v) is 2.95. The summed E-state index contributed by atoms with van der Waals surface area (Å²) in [6, 6.07) is -0.806. The highest BCUT2D eigenvalue weighted by Gasteiger charge is 2.41. The van der Waals surface area contributed by atoms with Gasteiger partial charge in [0.25, 0.3) is 5.91 Å². The van der Waals surface area contributed by atoms with Crippen LogP contribution in [0, 0.1) is 5.92 Å². The van der Waals surface area contributed by atoms with Gasteiger partial charge in [0.05, 0.1) is 5.92 Å². The van der Waals surface area contributed by atoms with Crippen molar-refractivity contribution in [1.82, 2.24) is 10.2 Å². The summed E-state index contributed by atoms with van der Waals surface area (Å²) < 4.78 is 41.8. The Labute approximate surface area is 118 Å². The molecule has 120 valence electrons. The molecule has 1 aliphatic heterocycles. The number of nitrogens with one attached hydrogen (secondary N) is 1. The van der Waals surface area contributed by atoms with Crippen molar-refractivity contribution in [3.8, 4) is 0 Å². The first-order chi connectivity index (χ1) is 9.70. The van der Waals surface area contributed by atoms with Crippen molar-refractivity contribution in [1.29, 1.82) is 0 Å². The minimum atomic E-state index is -4.27. The number of likely N-dealkylation sites (tertiary alicyclic amines) is 1. The van der Waals surface area contributed by atoms with Crippen LogP contribution in [0.5, 0.6) is 0 Å². The Morgan fingerprint density at radius 3 is 2.24 bits per heavy atom. The molecule has 3 amide bonds. The lowest BCUT2D eigenvalue weighted by Crippen LogP contribution is -2.48. The molecule has 2 N–H and O–H groups in total. The first kappa shape index (κ1) is 17.2. The fourth-order valence-corrected chi connectivity index (χ4v) is 1.88. The molecule has 10 heteroatoms. The van der Waals surface area contributed by atoms with Gasteiger partial charge in [-0.3, -0.25) is 10.1 Å². The average molecular weight is 312 g/mol. The van der Waals surface area contributed by atoms with Crippen LogP contribution in [0.1, 0.15) is 12.8 Å². The van der Waals surface area contributed by atoms with Gasteiger partial charge in [0.15, 0.2) is 0 Å². The van der Waals surface area contributed by atoms with E-state index in [1.807, 2.05) is 5.32 Å². The molecule has 0 spiro atoms. The summed E-state index contributed by atoms with van der Waals surface area (Å²) in [5.41, 5.74) is 0. The maximum atomic E-state index is 12.4. The molecule has 0 unspecified atom stereocenters. The largest absolute Gasteiger partial charge is 0.480 e. The van der Waals surface area contributed by atoms with E-state index in [0.29, 0.717) is 0 Å². The number of rotatable bonds is 4. The van der Waals surface area contributed by atoms with Gasteiger partial charge in [-0.1, -0.05) is 0 Å². The number of carbonyl (C=O) groups is 3. The maximum absolute atomic E-state index is 12.4. The molecule has 0 aliphatic carbocycles. The van der Waals surface area contributed by atoms with Crippen LogP contribution >= 0.6 is 0 Å². The van der Waals surface area contributed by atoms with Crippen LogP contribution in [0.2, 0.25) is 0 Å². The quantitative estimate of drug-likeness (QED) is 0.792. The van der Waals surface area contributed by atoms with E-state index < -0.39 is 43.2 Å². The summed E-state index contributed by atoms with van der Waals surface area (Å²) >= 11 is 0. The molecule has 21 heavy (non-hydrogen) atoms. The minimum absolute atomic E-state index is 0.0979. The molecule has 1 saturated heterocycles. The lowest BCUT2D eigenvalue weighted by atomic mass is 9.96. The second kappa shape index (κ2) is 7.25. The van der Waals surface area contributed by atoms with Crippen LogP contribution in [0.15, 0.2) is 0 Å². The summed E-state index contributed by atoms with van der Waals surface area (Å²) in [5, 5.41) is 10.2. The van der Waals surface area contributed by atoms with Gasteiger partial charge in [-0.15, -0.1) is 0 Å². The van der Waals surface area contributed by atoms with E-state index in [1.165, 1.54) is 0 Å². The fraction of sp³-hybridized carbons (Fsp3) is 0.727. The zero-order chi connectivity index (χ0) is 16.0. The zero-order valence-electron chi connectivity index (χ0n) is 11.0. The van der Waals surface area contributed by atoms with Crippen molar-refractivity contribution in [3.05, 3.63) is 0 Å². The first-order valence-corrected chi connectivity index (χ1v) is 6.15. The van der Waals surface area contributed by atoms with Crippen LogP contribution in [0.25, 0.3) is 0 Å². The molecule has 0 radical (unpaired) electrons. The topological polar surface area (TPSA) is 95.9 Å². The number of carboxylic acid groups (broad SMARTS) is 1. The van der Waals surface area contributed by atoms with Crippen molar-refractivity contribution < 1.29 is 37.4 Å². The number of piperidine rings is 1. The third-order valence-electron chi connectivity index (χ3n) is 2.95. The predicted octanol–water partition coefficient (Wildman–Crippen LogP) is 0.598. The molecular formula is C11H15F3N2O5. The van der Waals surface area contributed by atoms with Crippen LogP contribution < -0.4 is 5.32 Å². The number of urea groups is 1. The number of hydrogen-bond acceptors (Lipinski definition) is 4. The highest BCUT2D eigenvalue weighted by molar-refractivity contribution is 5.95. The van der Waals surface area contributed by atoms with Gasteiger partial charge in [-0.05, 0) is 12.8 Å². The number of nitrogens with zero attached hydrogens (tertiary/aromatic N) is 1. The second-order valence-corrected chi connectivity index (χ2v) is 4.54. The summed E-state index contributed by atoms with van der Waals surface area (Å²) in [6.07, 6.45) is -4.69. The zero-order valence-corrected chi connectivity index (χ0v) is 11.0. The molecule has 1 rings (SSSR count). The fourth-order valence-electron chi connectivity index (χ4n) is 1.88. The summed E-state index contributed by atoms with van der Waals surface area (Å²) in [6.45, 7) is -1.49. The van der Waals surface area contributed by atoms with Gasteiger partial charge in [-0.25, -0.2) is 9.59 Å². The number of imide groups is 1. The van der Waals surface area contributed by atoms with Crippen molar-refractivity contribution in [3.63, 3.8) is 0 Å². The van der Waals surface area contributed by atoms with Crippen molar-refractivity contribution in [2.24, 2.45) is 5.92 Å². The Morgan fingerprint density at radius 2 is 1.76 bits per heavy atom. The Bertz CT molecular complexity index is 405. The summed E-state index contributed by atoms with van der Waals surface area (Å²) in [7, 11) is 0. The Hall–Kier alpha value is -1.84. The van der Waals surface area contributed by atoms with Gasteiger partial charge in [0.2, 0.25) is 0 Å². The molecule has 0 bridgehead atoms. The predicted molar refractivity (Wildman–Crippen MR) is 62.3 cm³/mol. The van der Waals surface area contributed by atoms with Gasteiger partial charge in [-0.2, -0.15) is 13.2 Å². The first-order valence-electron chi connectivity index (χ1n) is 6.15. The number of aliphatic carboxylic acids is 1. The van der Waals surface area contributed by atoms with E-state index in [2.05, 4.69) is 4.74 Å². The second-order valence-electron chi connectivity index (χ2n) is 4.54. The van der Waals surface area contributed by atoms with Gasteiger partial charge in [0.1, 0.15) is 13.2 Å². The van der Waals surface area contributed by atoms with Gasteiger partial charge in [0, 0.05) is 13.1 Å². The lowest BCUT2D eigenvalue weighted by molar-refractivity contribution is -0.183. The summed E-state index contributed by atoms with van der Waals surface area (Å²) in [4.78, 5) is 34.1. The van der Waals surface area contributed by atoms with Crippen LogP contribution in [-0.4, -0.2) is 60.4 Å². The van der Waals surface area contributed by atoms with Crippen molar-refractivity contribution >= 4 is 17.9 Å². The number of ether oxygens (including phenoxy) is 1. The van der Waals surface area contributed by atoms with E-state index in [1.54, 1.807) is 0 Å². The molecule has 0 aromatic rings. The molecule has 7 nitrogen and oxygen atoms in total. The maximum Gasteiger partial charge on any atom is 0.391 e. The van der Waals surface area contributed by atoms with Crippen molar-refractivity contribution in [2.45, 2.75) is 19.0 Å². The molecule has 1 aliphatic rings. The molecule has 1 fully saturated rings. The highest BCUT2D eigenvalue weighted by atomic mass is 19.4. The number of hydrogen-bond donors (Lipinski definition) is 2. The Kier molecular flexibility index (Phi) is 5.94. The van der Waals surface area contributed by atoms with Crippen LogP contribution in [0.4, 0.5) is 18.0 Å². The minimum Gasteiger partial charge on any atom is -0.480 e. The highest BCUT2D eigenvalue weighted by Crippen LogP contribution is 2.33. The number of halogens is 3. The normalized spacial score (nSPS) is 16.6. The molecule has 0 aromatic heterocycles. The van der Waals surface area contributed by atoms with E-state index in [0.717, 1.165) is 4.90 Å². The van der Waals surface area contributed by atoms with E-state index in [4.69, 9.17) is 5.11 Å². The standard InChI is InChI=1S/C11H15F3N2O5/c12-11(13,14)7-1-3-16(4-2-7)10(20)15-8(17)5-21-6-9(18)19/h7H,1-6H2,(H,18,19)(H,15,17,20). The Morgan fingerprint density at radius 1 is 1.19 bits per heavy atom. The van der Waals surface area contributed by atoms with Gasteiger partial charge >= 0.3 is 18.2 Å². The number of carbonyl (C=O) groups excluding carboxylic acids is 2. The molecule has 0 atom stereocenters. The van der Waals surface area contributed by atoms with E-state index >= 15 is 0 Å². The molecule has 0 saturated carbocycles. The van der Waals surface area contributed by atoms with Crippen molar-refractivity contribution in [2.75, 3.05) is 26.3 Å². The molecule has 0 aromatic carbocycles. The summed E-state index contributed by atoms with van der Waals surface area (Å²) in [5.74, 6) is -3.54. The van der Waals surface area contributed by atoms with Gasteiger partial charge < -0.3 is 14.7 Å². The lowest BCUT2D eigenvalue weighted by Gasteiger charge is -2.32. The SMILES string of the molecule is O=C(O)COCC(=O)NC(=O)N1CCC(C(F)(F)F)CC1. The Balaban J connectivity index is 2.31. The monoisotopic (exact) mass is 312 g/mol. The number of amides is 3. The third kappa shape index (κ3) is 5.98.